The molecule has 0 unspecified atom stereocenters. The summed E-state index contributed by atoms with van der Waals surface area (Å²) >= 11 is 0. The summed E-state index contributed by atoms with van der Waals surface area (Å²) in [6.07, 6.45) is 5.77. The molecule has 0 saturated carbocycles. The van der Waals surface area contributed by atoms with E-state index in [-0.39, 0.29) is 30.2 Å². The molecule has 192 valence electrons. The molecule has 0 aliphatic carbocycles. The van der Waals surface area contributed by atoms with E-state index in [1.165, 1.54) is 17.7 Å². The van der Waals surface area contributed by atoms with Crippen molar-refractivity contribution < 1.29 is 24.4 Å². The third-order valence-electron chi connectivity index (χ3n) is 7.31. The number of amides is 1. The summed E-state index contributed by atoms with van der Waals surface area (Å²) < 4.78 is 6.48. The monoisotopic (exact) mass is 502 g/mol. The van der Waals surface area contributed by atoms with Gasteiger partial charge in [0, 0.05) is 42.3 Å². The van der Waals surface area contributed by atoms with Crippen LogP contribution < -0.4 is 4.90 Å². The van der Waals surface area contributed by atoms with Gasteiger partial charge in [-0.15, -0.1) is 0 Å². The predicted molar refractivity (Wildman–Crippen MR) is 139 cm³/mol. The van der Waals surface area contributed by atoms with E-state index < -0.39 is 30.9 Å². The zero-order valence-corrected chi connectivity index (χ0v) is 22.6. The summed E-state index contributed by atoms with van der Waals surface area (Å²) in [5, 5.41) is 21.3. The first kappa shape index (κ1) is 27.3. The Bertz CT molecular complexity index is 1040. The SMILES string of the molecule is CC(C)=CCC/C(C)=C/CN1C(=O)[C@]2(O[C@H](CCO)[C@@H]([Si](C)(C)O)[C@@H]2C)c2cc([N+](=O)[O-])ccc21. The van der Waals surface area contributed by atoms with E-state index in [4.69, 9.17) is 4.74 Å². The van der Waals surface area contributed by atoms with Crippen LogP contribution in [0.25, 0.3) is 0 Å². The first-order valence-corrected chi connectivity index (χ1v) is 15.3. The Balaban J connectivity index is 2.06. The lowest BCUT2D eigenvalue weighted by molar-refractivity contribution is -0.385. The first-order chi connectivity index (χ1) is 16.3. The molecule has 1 spiro atoms. The van der Waals surface area contributed by atoms with Crippen LogP contribution in [0.3, 0.4) is 0 Å². The van der Waals surface area contributed by atoms with Crippen molar-refractivity contribution in [2.45, 2.75) is 77.3 Å². The van der Waals surface area contributed by atoms with Crippen molar-refractivity contribution in [1.29, 1.82) is 0 Å². The van der Waals surface area contributed by atoms with Crippen molar-refractivity contribution in [3.05, 3.63) is 57.2 Å². The molecule has 35 heavy (non-hydrogen) atoms. The summed E-state index contributed by atoms with van der Waals surface area (Å²) in [4.78, 5) is 37.9. The fraction of sp³-hybridized carbons (Fsp3) is 0.577. The molecule has 1 aromatic carbocycles. The second-order valence-corrected chi connectivity index (χ2v) is 14.6. The first-order valence-electron chi connectivity index (χ1n) is 12.3. The third-order valence-corrected chi connectivity index (χ3v) is 9.81. The van der Waals surface area contributed by atoms with E-state index in [1.54, 1.807) is 11.0 Å². The molecule has 1 saturated heterocycles. The molecule has 9 heteroatoms. The number of hydrogen-bond acceptors (Lipinski definition) is 6. The van der Waals surface area contributed by atoms with Gasteiger partial charge >= 0.3 is 0 Å². The average Bonchev–Trinajstić information content (AvgIpc) is 3.18. The molecule has 0 radical (unpaired) electrons. The van der Waals surface area contributed by atoms with E-state index in [1.807, 2.05) is 33.0 Å². The standard InChI is InChI=1S/C26H38N2O6Si/c1-17(2)8-7-9-18(3)12-14-27-22-11-10-20(28(31)32)16-21(22)26(25(27)30)19(4)24(35(5,6)33)23(34-26)13-15-29/h8,10-12,16,19,23-24,29,33H,7,9,13-15H2,1-6H3/b18-12+/t19-,23+,24-,26+/m0/s1. The Morgan fingerprint density at radius 2 is 1.97 bits per heavy atom. The van der Waals surface area contributed by atoms with Gasteiger partial charge in [0.25, 0.3) is 11.6 Å². The van der Waals surface area contributed by atoms with E-state index in [0.717, 1.165) is 18.4 Å². The van der Waals surface area contributed by atoms with Gasteiger partial charge in [0.05, 0.1) is 16.7 Å². The van der Waals surface area contributed by atoms with Crippen molar-refractivity contribution in [1.82, 2.24) is 0 Å². The summed E-state index contributed by atoms with van der Waals surface area (Å²) in [6, 6.07) is 4.48. The highest BCUT2D eigenvalue weighted by molar-refractivity contribution is 6.71. The summed E-state index contributed by atoms with van der Waals surface area (Å²) in [5.41, 5.74) is 1.64. The minimum atomic E-state index is -2.81. The number of ether oxygens (including phenoxy) is 1. The molecule has 0 bridgehead atoms. The summed E-state index contributed by atoms with van der Waals surface area (Å²) in [6.45, 7) is 11.9. The van der Waals surface area contributed by atoms with Gasteiger partial charge in [-0.2, -0.15) is 0 Å². The van der Waals surface area contributed by atoms with Gasteiger partial charge in [0.1, 0.15) is 0 Å². The van der Waals surface area contributed by atoms with Gasteiger partial charge in [-0.05, 0) is 59.2 Å². The van der Waals surface area contributed by atoms with Crippen LogP contribution >= 0.6 is 0 Å². The van der Waals surface area contributed by atoms with Gasteiger partial charge in [0.2, 0.25) is 0 Å². The largest absolute Gasteiger partial charge is 0.432 e. The number of nitro benzene ring substituents is 1. The van der Waals surface area contributed by atoms with Crippen LogP contribution in [0.15, 0.2) is 41.5 Å². The van der Waals surface area contributed by atoms with Crippen LogP contribution in [0.2, 0.25) is 18.6 Å². The van der Waals surface area contributed by atoms with Crippen LogP contribution in [0.5, 0.6) is 0 Å². The highest BCUT2D eigenvalue weighted by Crippen LogP contribution is 2.59. The van der Waals surface area contributed by atoms with E-state index >= 15 is 0 Å². The Morgan fingerprint density at radius 3 is 2.54 bits per heavy atom. The molecule has 8 nitrogen and oxygen atoms in total. The zero-order chi connectivity index (χ0) is 26.1. The Hall–Kier alpha value is -2.33. The quantitative estimate of drug-likeness (QED) is 0.217. The number of allylic oxidation sites excluding steroid dienone is 3. The maximum Gasteiger partial charge on any atom is 0.269 e. The highest BCUT2D eigenvalue weighted by atomic mass is 28.4. The number of anilines is 1. The predicted octanol–water partition coefficient (Wildman–Crippen LogP) is 4.81. The molecule has 1 amide bonds. The number of rotatable bonds is 9. The number of benzene rings is 1. The second kappa shape index (κ2) is 10.3. The molecular formula is C26H38N2O6Si. The summed E-state index contributed by atoms with van der Waals surface area (Å²) in [7, 11) is -2.81. The molecule has 1 aromatic rings. The number of hydrogen-bond donors (Lipinski definition) is 2. The molecule has 1 fully saturated rings. The second-order valence-electron chi connectivity index (χ2n) is 10.6. The normalized spacial score (nSPS) is 26.4. The van der Waals surface area contributed by atoms with Crippen LogP contribution in [0, 0.1) is 16.0 Å². The van der Waals surface area contributed by atoms with Gasteiger partial charge in [-0.25, -0.2) is 0 Å². The minimum Gasteiger partial charge on any atom is -0.432 e. The molecule has 2 aliphatic heterocycles. The van der Waals surface area contributed by atoms with Crippen molar-refractivity contribution in [2.75, 3.05) is 18.1 Å². The fourth-order valence-electron chi connectivity index (χ4n) is 5.70. The molecule has 0 aromatic heterocycles. The zero-order valence-electron chi connectivity index (χ0n) is 21.6. The van der Waals surface area contributed by atoms with Crippen LogP contribution in [-0.4, -0.2) is 48.3 Å². The number of fused-ring (bicyclic) bond motifs is 2. The molecule has 2 heterocycles. The van der Waals surface area contributed by atoms with Crippen LogP contribution in [0.4, 0.5) is 11.4 Å². The molecule has 3 rings (SSSR count). The number of carbonyl (C=O) groups is 1. The lowest BCUT2D eigenvalue weighted by Crippen LogP contribution is -2.46. The number of non-ortho nitro benzene ring substituents is 1. The average molecular weight is 503 g/mol. The van der Waals surface area contributed by atoms with Crippen molar-refractivity contribution in [2.24, 2.45) is 5.92 Å². The van der Waals surface area contributed by atoms with Crippen LogP contribution in [0.1, 0.15) is 52.5 Å². The molecular weight excluding hydrogens is 464 g/mol. The fourth-order valence-corrected chi connectivity index (χ4v) is 8.30. The minimum absolute atomic E-state index is 0.107. The van der Waals surface area contributed by atoms with Gasteiger partial charge in [-0.3, -0.25) is 14.9 Å². The summed E-state index contributed by atoms with van der Waals surface area (Å²) in [5.74, 6) is -0.677. The maximum atomic E-state index is 14.1. The smallest absolute Gasteiger partial charge is 0.269 e. The van der Waals surface area contributed by atoms with Crippen molar-refractivity contribution in [3.63, 3.8) is 0 Å². The Morgan fingerprint density at radius 1 is 1.29 bits per heavy atom. The number of nitrogens with zero attached hydrogens (tertiary/aromatic N) is 2. The molecule has 4 atom stereocenters. The maximum absolute atomic E-state index is 14.1. The van der Waals surface area contributed by atoms with E-state index in [0.29, 0.717) is 17.8 Å². The lowest BCUT2D eigenvalue weighted by atomic mass is 9.82. The Kier molecular flexibility index (Phi) is 8.05. The molecule has 2 N–H and O–H groups in total. The number of nitro groups is 1. The number of carbonyl (C=O) groups excluding carboxylic acids is 1. The van der Waals surface area contributed by atoms with Gasteiger partial charge in [-0.1, -0.05) is 30.2 Å². The number of aliphatic hydroxyl groups excluding tert-OH is 1. The molecule has 2 aliphatic rings. The Labute approximate surface area is 208 Å². The third kappa shape index (κ3) is 5.14. The van der Waals surface area contributed by atoms with E-state index in [9.17, 15) is 24.8 Å². The topological polar surface area (TPSA) is 113 Å². The van der Waals surface area contributed by atoms with Crippen LogP contribution in [-0.2, 0) is 15.1 Å². The van der Waals surface area contributed by atoms with Crippen molar-refractivity contribution >= 4 is 25.6 Å². The highest BCUT2D eigenvalue weighted by Gasteiger charge is 2.66. The lowest BCUT2D eigenvalue weighted by Gasteiger charge is -2.32. The van der Waals surface area contributed by atoms with E-state index in [2.05, 4.69) is 19.9 Å². The number of aliphatic hydroxyl groups is 1. The van der Waals surface area contributed by atoms with Gasteiger partial charge < -0.3 is 19.5 Å². The van der Waals surface area contributed by atoms with Crippen molar-refractivity contribution in [3.8, 4) is 0 Å². The van der Waals surface area contributed by atoms with Gasteiger partial charge in [0.15, 0.2) is 13.9 Å².